The number of hydrogen-bond donors (Lipinski definition) is 1. The molecule has 0 unspecified atom stereocenters. The van der Waals surface area contributed by atoms with Gasteiger partial charge in [-0.3, -0.25) is 0 Å². The second kappa shape index (κ2) is 7.17. The topological polar surface area (TPSA) is 41.6 Å². The summed E-state index contributed by atoms with van der Waals surface area (Å²) in [5.74, 6) is 0.813. The molecule has 0 aromatic heterocycles. The molecule has 110 valence electrons. The molecule has 20 heavy (non-hydrogen) atoms. The zero-order valence-electron chi connectivity index (χ0n) is 12.4. The van der Waals surface area contributed by atoms with Crippen LogP contribution < -0.4 is 10.1 Å². The zero-order chi connectivity index (χ0) is 14.4. The van der Waals surface area contributed by atoms with E-state index in [4.69, 9.17) is 4.74 Å². The van der Waals surface area contributed by atoms with Crippen molar-refractivity contribution in [2.75, 3.05) is 14.2 Å². The third-order valence-corrected chi connectivity index (χ3v) is 4.07. The van der Waals surface area contributed by atoms with Crippen molar-refractivity contribution in [3.63, 3.8) is 0 Å². The smallest absolute Gasteiger partial charge is 0.317 e. The Kier molecular flexibility index (Phi) is 5.27. The van der Waals surface area contributed by atoms with E-state index in [1.807, 2.05) is 36.2 Å². The summed E-state index contributed by atoms with van der Waals surface area (Å²) >= 11 is 0. The number of benzene rings is 1. The fourth-order valence-corrected chi connectivity index (χ4v) is 2.78. The first-order valence-corrected chi connectivity index (χ1v) is 7.35. The van der Waals surface area contributed by atoms with Gasteiger partial charge in [-0.2, -0.15) is 0 Å². The fraction of sp³-hybridized carbons (Fsp3) is 0.562. The third-order valence-electron chi connectivity index (χ3n) is 4.07. The number of rotatable bonds is 4. The van der Waals surface area contributed by atoms with Gasteiger partial charge in [0.25, 0.3) is 0 Å². The molecule has 4 nitrogen and oxygen atoms in total. The third kappa shape index (κ3) is 3.65. The van der Waals surface area contributed by atoms with Crippen LogP contribution in [0.2, 0.25) is 0 Å². The average Bonchev–Trinajstić information content (AvgIpc) is 2.53. The Balaban J connectivity index is 1.87. The van der Waals surface area contributed by atoms with Crippen LogP contribution in [0.5, 0.6) is 5.75 Å². The molecule has 1 saturated carbocycles. The Morgan fingerprint density at radius 1 is 1.30 bits per heavy atom. The van der Waals surface area contributed by atoms with Crippen molar-refractivity contribution in [2.45, 2.75) is 44.7 Å². The van der Waals surface area contributed by atoms with Gasteiger partial charge in [-0.05, 0) is 18.9 Å². The van der Waals surface area contributed by atoms with E-state index in [1.165, 1.54) is 19.3 Å². The first-order chi connectivity index (χ1) is 9.72. The summed E-state index contributed by atoms with van der Waals surface area (Å²) in [6, 6.07) is 8.16. The lowest BCUT2D eigenvalue weighted by Crippen LogP contribution is -2.44. The van der Waals surface area contributed by atoms with Crippen molar-refractivity contribution in [2.24, 2.45) is 0 Å². The normalized spacial score (nSPS) is 15.7. The monoisotopic (exact) mass is 276 g/mol. The number of ether oxygens (including phenoxy) is 1. The molecule has 0 heterocycles. The molecule has 1 aliphatic rings. The van der Waals surface area contributed by atoms with Gasteiger partial charge in [-0.25, -0.2) is 4.79 Å². The van der Waals surface area contributed by atoms with Gasteiger partial charge < -0.3 is 15.0 Å². The Bertz CT molecular complexity index is 442. The van der Waals surface area contributed by atoms with Crippen molar-refractivity contribution < 1.29 is 9.53 Å². The van der Waals surface area contributed by atoms with Crippen LogP contribution >= 0.6 is 0 Å². The molecule has 0 spiro atoms. The molecule has 0 aliphatic heterocycles. The van der Waals surface area contributed by atoms with Gasteiger partial charge in [0, 0.05) is 25.2 Å². The Morgan fingerprint density at radius 2 is 2.00 bits per heavy atom. The van der Waals surface area contributed by atoms with Crippen LogP contribution in [0.25, 0.3) is 0 Å². The number of carbonyl (C=O) groups excluding carboxylic acids is 1. The predicted octanol–water partition coefficient (Wildman–Crippen LogP) is 3.17. The minimum Gasteiger partial charge on any atom is -0.496 e. The quantitative estimate of drug-likeness (QED) is 0.917. The summed E-state index contributed by atoms with van der Waals surface area (Å²) in [5, 5.41) is 2.98. The minimum absolute atomic E-state index is 0.00260. The van der Waals surface area contributed by atoms with E-state index in [2.05, 4.69) is 5.32 Å². The minimum atomic E-state index is 0.00260. The van der Waals surface area contributed by atoms with E-state index in [-0.39, 0.29) is 6.03 Å². The summed E-state index contributed by atoms with van der Waals surface area (Å²) in [5.41, 5.74) is 1.00. The summed E-state index contributed by atoms with van der Waals surface area (Å²) < 4.78 is 5.29. The number of para-hydroxylation sites is 1. The lowest BCUT2D eigenvalue weighted by Gasteiger charge is -2.31. The summed E-state index contributed by atoms with van der Waals surface area (Å²) in [7, 11) is 3.54. The van der Waals surface area contributed by atoms with Crippen LogP contribution in [0.4, 0.5) is 4.79 Å². The van der Waals surface area contributed by atoms with Crippen LogP contribution in [0, 0.1) is 0 Å². The first kappa shape index (κ1) is 14.7. The molecule has 1 aromatic rings. The maximum absolute atomic E-state index is 12.2. The SMILES string of the molecule is COc1ccccc1CNC(=O)N(C)C1CCCCC1. The number of nitrogens with one attached hydrogen (secondary N) is 1. The lowest BCUT2D eigenvalue weighted by molar-refractivity contribution is 0.173. The molecule has 0 atom stereocenters. The van der Waals surface area contributed by atoms with Crippen molar-refractivity contribution in [1.29, 1.82) is 0 Å². The molecule has 2 amide bonds. The number of urea groups is 1. The fourth-order valence-electron chi connectivity index (χ4n) is 2.78. The molecule has 4 heteroatoms. The summed E-state index contributed by atoms with van der Waals surface area (Å²) in [6.07, 6.45) is 6.01. The van der Waals surface area contributed by atoms with Crippen molar-refractivity contribution >= 4 is 6.03 Å². The molecule has 1 N–H and O–H groups in total. The molecule has 0 radical (unpaired) electrons. The predicted molar refractivity (Wildman–Crippen MR) is 79.9 cm³/mol. The number of hydrogen-bond acceptors (Lipinski definition) is 2. The lowest BCUT2D eigenvalue weighted by atomic mass is 9.95. The van der Waals surface area contributed by atoms with Crippen molar-refractivity contribution in [1.82, 2.24) is 10.2 Å². The van der Waals surface area contributed by atoms with Gasteiger partial charge in [-0.15, -0.1) is 0 Å². The number of amides is 2. The number of nitrogens with zero attached hydrogens (tertiary/aromatic N) is 1. The maximum atomic E-state index is 12.2. The molecule has 1 fully saturated rings. The zero-order valence-corrected chi connectivity index (χ0v) is 12.4. The molecule has 0 bridgehead atoms. The first-order valence-electron chi connectivity index (χ1n) is 7.35. The summed E-state index contributed by atoms with van der Waals surface area (Å²) in [4.78, 5) is 14.0. The van der Waals surface area contributed by atoms with E-state index in [0.717, 1.165) is 24.2 Å². The number of methoxy groups -OCH3 is 1. The van der Waals surface area contributed by atoms with Gasteiger partial charge in [-0.1, -0.05) is 37.5 Å². The van der Waals surface area contributed by atoms with E-state index >= 15 is 0 Å². The van der Waals surface area contributed by atoms with Crippen LogP contribution in [-0.2, 0) is 6.54 Å². The van der Waals surface area contributed by atoms with Crippen LogP contribution in [0.3, 0.4) is 0 Å². The molecule has 1 aromatic carbocycles. The van der Waals surface area contributed by atoms with Crippen molar-refractivity contribution in [3.05, 3.63) is 29.8 Å². The van der Waals surface area contributed by atoms with Gasteiger partial charge in [0.15, 0.2) is 0 Å². The summed E-state index contributed by atoms with van der Waals surface area (Å²) in [6.45, 7) is 0.500. The standard InChI is InChI=1S/C16H24N2O2/c1-18(14-9-4-3-5-10-14)16(19)17-12-13-8-6-7-11-15(13)20-2/h6-8,11,14H,3-5,9-10,12H2,1-2H3,(H,17,19). The van der Waals surface area contributed by atoms with Crippen molar-refractivity contribution in [3.8, 4) is 5.75 Å². The van der Waals surface area contributed by atoms with E-state index in [1.54, 1.807) is 7.11 Å². The second-order valence-electron chi connectivity index (χ2n) is 5.37. The van der Waals surface area contributed by atoms with Gasteiger partial charge in [0.2, 0.25) is 0 Å². The highest BCUT2D eigenvalue weighted by atomic mass is 16.5. The Labute approximate surface area is 121 Å². The second-order valence-corrected chi connectivity index (χ2v) is 5.37. The van der Waals surface area contributed by atoms with Crippen LogP contribution in [0.1, 0.15) is 37.7 Å². The average molecular weight is 276 g/mol. The van der Waals surface area contributed by atoms with Crippen LogP contribution in [-0.4, -0.2) is 31.1 Å². The molecule has 2 rings (SSSR count). The molecular weight excluding hydrogens is 252 g/mol. The van der Waals surface area contributed by atoms with E-state index in [9.17, 15) is 4.79 Å². The number of carbonyl (C=O) groups is 1. The molecule has 1 aliphatic carbocycles. The van der Waals surface area contributed by atoms with Gasteiger partial charge in [0.1, 0.15) is 5.75 Å². The van der Waals surface area contributed by atoms with E-state index < -0.39 is 0 Å². The van der Waals surface area contributed by atoms with Gasteiger partial charge >= 0.3 is 6.03 Å². The highest BCUT2D eigenvalue weighted by Gasteiger charge is 2.21. The largest absolute Gasteiger partial charge is 0.496 e. The van der Waals surface area contributed by atoms with Crippen LogP contribution in [0.15, 0.2) is 24.3 Å². The highest BCUT2D eigenvalue weighted by Crippen LogP contribution is 2.22. The maximum Gasteiger partial charge on any atom is 0.317 e. The highest BCUT2D eigenvalue weighted by molar-refractivity contribution is 5.74. The Hall–Kier alpha value is -1.71. The molecular formula is C16H24N2O2. The van der Waals surface area contributed by atoms with E-state index in [0.29, 0.717) is 12.6 Å². The van der Waals surface area contributed by atoms with Gasteiger partial charge in [0.05, 0.1) is 7.11 Å². The molecule has 0 saturated heterocycles. The Morgan fingerprint density at radius 3 is 2.70 bits per heavy atom.